The number of fused-ring (bicyclic) bond motifs is 1. The standard InChI is InChI=1S/C22H33N3O/c1-2-19-21(25-17-13-12-16-20(25)24-19)22(26)23-18-14-10-8-6-4-3-5-7-9-11-15-18/h12-13,16-18H,2-11,14-15H2,1H3,(H,23,26). The van der Waals surface area contributed by atoms with Gasteiger partial charge in [0.1, 0.15) is 11.3 Å². The molecular formula is C22H33N3O. The van der Waals surface area contributed by atoms with Crippen LogP contribution in [0.2, 0.25) is 0 Å². The molecule has 4 heteroatoms. The Balaban J connectivity index is 1.70. The third-order valence-electron chi connectivity index (χ3n) is 5.59. The number of imidazole rings is 1. The van der Waals surface area contributed by atoms with Gasteiger partial charge in [-0.3, -0.25) is 9.20 Å². The molecule has 0 bridgehead atoms. The van der Waals surface area contributed by atoms with Crippen molar-refractivity contribution >= 4 is 11.6 Å². The maximum absolute atomic E-state index is 13.1. The molecule has 4 nitrogen and oxygen atoms in total. The molecule has 2 aromatic rings. The van der Waals surface area contributed by atoms with Gasteiger partial charge in [0.15, 0.2) is 0 Å². The van der Waals surface area contributed by atoms with E-state index in [1.165, 1.54) is 57.8 Å². The van der Waals surface area contributed by atoms with Crippen LogP contribution in [0.3, 0.4) is 0 Å². The van der Waals surface area contributed by atoms with Crippen LogP contribution in [0.1, 0.15) is 93.7 Å². The molecule has 1 aliphatic rings. The zero-order valence-electron chi connectivity index (χ0n) is 16.2. The van der Waals surface area contributed by atoms with E-state index in [1.807, 2.05) is 28.8 Å². The molecule has 1 N–H and O–H groups in total. The Morgan fingerprint density at radius 3 is 2.27 bits per heavy atom. The van der Waals surface area contributed by atoms with Crippen molar-refractivity contribution in [3.63, 3.8) is 0 Å². The van der Waals surface area contributed by atoms with E-state index in [-0.39, 0.29) is 5.91 Å². The first kappa shape index (κ1) is 18.9. The van der Waals surface area contributed by atoms with Crippen LogP contribution in [0.5, 0.6) is 0 Å². The number of nitrogens with one attached hydrogen (secondary N) is 1. The fourth-order valence-electron chi connectivity index (χ4n) is 4.09. The summed E-state index contributed by atoms with van der Waals surface area (Å²) in [6.45, 7) is 2.06. The zero-order valence-corrected chi connectivity index (χ0v) is 16.2. The van der Waals surface area contributed by atoms with Gasteiger partial charge in [-0.25, -0.2) is 4.98 Å². The SMILES string of the molecule is CCc1nc2ccccn2c1C(=O)NC1CCCCCCCCCCC1. The summed E-state index contributed by atoms with van der Waals surface area (Å²) in [5.41, 5.74) is 2.46. The highest BCUT2D eigenvalue weighted by Gasteiger charge is 2.20. The van der Waals surface area contributed by atoms with Crippen LogP contribution in [0, 0.1) is 0 Å². The van der Waals surface area contributed by atoms with E-state index in [1.54, 1.807) is 0 Å². The molecule has 2 heterocycles. The van der Waals surface area contributed by atoms with E-state index in [0.717, 1.165) is 30.6 Å². The molecule has 1 aliphatic carbocycles. The highest BCUT2D eigenvalue weighted by Crippen LogP contribution is 2.18. The van der Waals surface area contributed by atoms with Gasteiger partial charge in [0.2, 0.25) is 0 Å². The topological polar surface area (TPSA) is 46.4 Å². The van der Waals surface area contributed by atoms with Gasteiger partial charge in [0, 0.05) is 12.2 Å². The molecule has 0 aromatic carbocycles. The van der Waals surface area contributed by atoms with Crippen molar-refractivity contribution in [1.29, 1.82) is 0 Å². The van der Waals surface area contributed by atoms with Gasteiger partial charge < -0.3 is 5.32 Å². The van der Waals surface area contributed by atoms with E-state index >= 15 is 0 Å². The minimum Gasteiger partial charge on any atom is -0.348 e. The lowest BCUT2D eigenvalue weighted by Crippen LogP contribution is -2.36. The highest BCUT2D eigenvalue weighted by molar-refractivity contribution is 5.95. The van der Waals surface area contributed by atoms with E-state index in [4.69, 9.17) is 0 Å². The Hall–Kier alpha value is -1.84. The van der Waals surface area contributed by atoms with Crippen molar-refractivity contribution in [2.45, 2.75) is 90.0 Å². The maximum atomic E-state index is 13.1. The molecule has 0 unspecified atom stereocenters. The van der Waals surface area contributed by atoms with Crippen LogP contribution in [0.25, 0.3) is 5.65 Å². The number of carbonyl (C=O) groups is 1. The summed E-state index contributed by atoms with van der Waals surface area (Å²) in [4.78, 5) is 17.7. The molecule has 3 rings (SSSR count). The number of amides is 1. The Morgan fingerprint density at radius 2 is 1.65 bits per heavy atom. The molecule has 1 saturated carbocycles. The van der Waals surface area contributed by atoms with Gasteiger partial charge in [-0.05, 0) is 31.4 Å². The van der Waals surface area contributed by atoms with Crippen LogP contribution in [-0.4, -0.2) is 21.3 Å². The number of hydrogen-bond donors (Lipinski definition) is 1. The van der Waals surface area contributed by atoms with Crippen molar-refractivity contribution in [3.8, 4) is 0 Å². The second-order valence-electron chi connectivity index (χ2n) is 7.62. The first-order valence-corrected chi connectivity index (χ1v) is 10.6. The van der Waals surface area contributed by atoms with Crippen LogP contribution in [0.4, 0.5) is 0 Å². The van der Waals surface area contributed by atoms with Crippen LogP contribution in [0.15, 0.2) is 24.4 Å². The van der Waals surface area contributed by atoms with Crippen molar-refractivity contribution in [2.24, 2.45) is 0 Å². The van der Waals surface area contributed by atoms with Crippen molar-refractivity contribution in [3.05, 3.63) is 35.8 Å². The van der Waals surface area contributed by atoms with Crippen LogP contribution >= 0.6 is 0 Å². The number of aromatic nitrogens is 2. The number of pyridine rings is 1. The lowest BCUT2D eigenvalue weighted by molar-refractivity contribution is 0.0924. The summed E-state index contributed by atoms with van der Waals surface area (Å²) in [5, 5.41) is 3.34. The van der Waals surface area contributed by atoms with Gasteiger partial charge in [-0.1, -0.05) is 70.8 Å². The Bertz CT molecular complexity index is 694. The van der Waals surface area contributed by atoms with Crippen LogP contribution in [-0.2, 0) is 6.42 Å². The fraction of sp³-hybridized carbons (Fsp3) is 0.636. The average molecular weight is 356 g/mol. The Morgan fingerprint density at radius 1 is 1.04 bits per heavy atom. The molecule has 0 aliphatic heterocycles. The predicted octanol–water partition coefficient (Wildman–Crippen LogP) is 5.30. The van der Waals surface area contributed by atoms with E-state index in [0.29, 0.717) is 11.7 Å². The quantitative estimate of drug-likeness (QED) is 0.812. The summed E-state index contributed by atoms with van der Waals surface area (Å²) in [7, 11) is 0. The first-order valence-electron chi connectivity index (χ1n) is 10.6. The Labute approximate surface area is 157 Å². The smallest absolute Gasteiger partial charge is 0.270 e. The third-order valence-corrected chi connectivity index (χ3v) is 5.59. The summed E-state index contributed by atoms with van der Waals surface area (Å²) in [5.74, 6) is 0.0395. The number of rotatable bonds is 3. The monoisotopic (exact) mass is 355 g/mol. The first-order chi connectivity index (χ1) is 12.8. The molecule has 142 valence electrons. The lowest BCUT2D eigenvalue weighted by Gasteiger charge is -2.20. The fourth-order valence-corrected chi connectivity index (χ4v) is 4.09. The highest BCUT2D eigenvalue weighted by atomic mass is 16.2. The lowest BCUT2D eigenvalue weighted by atomic mass is 9.98. The number of aryl methyl sites for hydroxylation is 1. The largest absolute Gasteiger partial charge is 0.348 e. The maximum Gasteiger partial charge on any atom is 0.270 e. The molecule has 1 amide bonds. The summed E-state index contributed by atoms with van der Waals surface area (Å²) >= 11 is 0. The molecule has 0 saturated heterocycles. The number of carbonyl (C=O) groups excluding carboxylic acids is 1. The molecule has 0 spiro atoms. The molecule has 26 heavy (non-hydrogen) atoms. The zero-order chi connectivity index (χ0) is 18.2. The van der Waals surface area contributed by atoms with E-state index in [2.05, 4.69) is 17.2 Å². The molecule has 1 fully saturated rings. The van der Waals surface area contributed by atoms with E-state index < -0.39 is 0 Å². The van der Waals surface area contributed by atoms with Gasteiger partial charge in [0.25, 0.3) is 5.91 Å². The Kier molecular flexibility index (Phi) is 7.10. The average Bonchev–Trinajstić information content (AvgIpc) is 3.02. The second kappa shape index (κ2) is 9.75. The number of hydrogen-bond acceptors (Lipinski definition) is 2. The minimum atomic E-state index is 0.0395. The van der Waals surface area contributed by atoms with Crippen molar-refractivity contribution in [2.75, 3.05) is 0 Å². The minimum absolute atomic E-state index is 0.0395. The van der Waals surface area contributed by atoms with E-state index in [9.17, 15) is 4.79 Å². The summed E-state index contributed by atoms with van der Waals surface area (Å²) in [6, 6.07) is 6.18. The van der Waals surface area contributed by atoms with Gasteiger partial charge in [-0.15, -0.1) is 0 Å². The molecule has 0 radical (unpaired) electrons. The van der Waals surface area contributed by atoms with Gasteiger partial charge in [0.05, 0.1) is 5.69 Å². The summed E-state index contributed by atoms with van der Waals surface area (Å²) in [6.07, 6.45) is 16.8. The third kappa shape index (κ3) is 4.87. The predicted molar refractivity (Wildman–Crippen MR) is 107 cm³/mol. The van der Waals surface area contributed by atoms with Crippen molar-refractivity contribution < 1.29 is 4.79 Å². The second-order valence-corrected chi connectivity index (χ2v) is 7.62. The normalized spacial score (nSPS) is 18.2. The van der Waals surface area contributed by atoms with Gasteiger partial charge >= 0.3 is 0 Å². The number of nitrogens with zero attached hydrogens (tertiary/aromatic N) is 2. The van der Waals surface area contributed by atoms with Gasteiger partial charge in [-0.2, -0.15) is 0 Å². The van der Waals surface area contributed by atoms with Crippen LogP contribution < -0.4 is 5.32 Å². The molecule has 2 aromatic heterocycles. The summed E-state index contributed by atoms with van der Waals surface area (Å²) < 4.78 is 1.93. The molecule has 0 atom stereocenters. The molecular weight excluding hydrogens is 322 g/mol. The van der Waals surface area contributed by atoms with Crippen molar-refractivity contribution in [1.82, 2.24) is 14.7 Å².